The Balaban J connectivity index is 1.66. The molecule has 1 aliphatic heterocycles. The van der Waals surface area contributed by atoms with E-state index >= 15 is 0 Å². The summed E-state index contributed by atoms with van der Waals surface area (Å²) in [6, 6.07) is 7.16. The van der Waals surface area contributed by atoms with Crippen LogP contribution in [0.5, 0.6) is 0 Å². The highest BCUT2D eigenvalue weighted by Crippen LogP contribution is 2.20. The molecule has 3 rings (SSSR count). The second-order valence-electron chi connectivity index (χ2n) is 5.81. The van der Waals surface area contributed by atoms with E-state index in [-0.39, 0.29) is 17.6 Å². The lowest BCUT2D eigenvalue weighted by Gasteiger charge is -2.32. The van der Waals surface area contributed by atoms with Crippen molar-refractivity contribution in [2.75, 3.05) is 30.8 Å². The molecule has 8 nitrogen and oxygen atoms in total. The number of hydrogen-bond acceptors (Lipinski definition) is 8. The summed E-state index contributed by atoms with van der Waals surface area (Å²) in [6.07, 6.45) is 3.69. The van der Waals surface area contributed by atoms with Gasteiger partial charge < -0.3 is 20.1 Å². The molecule has 1 atom stereocenters. The quantitative estimate of drug-likeness (QED) is 0.813. The summed E-state index contributed by atoms with van der Waals surface area (Å²) in [6.45, 7) is 1.88. The third-order valence-electron chi connectivity index (χ3n) is 3.98. The topological polar surface area (TPSA) is 103 Å². The molecule has 1 saturated heterocycles. The van der Waals surface area contributed by atoms with Crippen LogP contribution in [-0.4, -0.2) is 47.2 Å². The SMILES string of the molecule is COC(=O)c1cc(N)nc(N2CCCC(OCc3ccccn3)C2)n1. The van der Waals surface area contributed by atoms with Crippen molar-refractivity contribution in [1.82, 2.24) is 15.0 Å². The number of hydrogen-bond donors (Lipinski definition) is 1. The first-order chi connectivity index (χ1) is 12.2. The molecule has 0 amide bonds. The lowest BCUT2D eigenvalue weighted by atomic mass is 10.1. The number of anilines is 2. The fourth-order valence-electron chi connectivity index (χ4n) is 2.75. The molecule has 8 heteroatoms. The molecule has 1 aliphatic rings. The van der Waals surface area contributed by atoms with E-state index in [1.165, 1.54) is 13.2 Å². The van der Waals surface area contributed by atoms with Gasteiger partial charge in [0.05, 0.1) is 25.5 Å². The molecular formula is C17H21N5O3. The van der Waals surface area contributed by atoms with Gasteiger partial charge in [0, 0.05) is 25.4 Å². The summed E-state index contributed by atoms with van der Waals surface area (Å²) in [7, 11) is 1.31. The van der Waals surface area contributed by atoms with Gasteiger partial charge in [-0.25, -0.2) is 9.78 Å². The van der Waals surface area contributed by atoms with Crippen LogP contribution in [0, 0.1) is 0 Å². The molecule has 2 aromatic heterocycles. The van der Waals surface area contributed by atoms with Crippen LogP contribution in [0.4, 0.5) is 11.8 Å². The van der Waals surface area contributed by atoms with E-state index in [4.69, 9.17) is 15.2 Å². The van der Waals surface area contributed by atoms with E-state index < -0.39 is 5.97 Å². The van der Waals surface area contributed by atoms with Crippen molar-refractivity contribution in [1.29, 1.82) is 0 Å². The minimum Gasteiger partial charge on any atom is -0.464 e. The predicted octanol–water partition coefficient (Wildman–Crippen LogP) is 1.43. The number of rotatable bonds is 5. The number of aromatic nitrogens is 3. The van der Waals surface area contributed by atoms with Gasteiger partial charge in [0.15, 0.2) is 5.69 Å². The van der Waals surface area contributed by atoms with Crippen molar-refractivity contribution in [2.45, 2.75) is 25.6 Å². The maximum absolute atomic E-state index is 11.7. The number of nitrogens with zero attached hydrogens (tertiary/aromatic N) is 4. The van der Waals surface area contributed by atoms with Crippen LogP contribution < -0.4 is 10.6 Å². The van der Waals surface area contributed by atoms with Gasteiger partial charge in [0.1, 0.15) is 5.82 Å². The molecule has 0 spiro atoms. The number of nitrogens with two attached hydrogens (primary N) is 1. The van der Waals surface area contributed by atoms with Gasteiger partial charge in [0.2, 0.25) is 5.95 Å². The molecule has 0 saturated carbocycles. The van der Waals surface area contributed by atoms with Crippen molar-refractivity contribution in [3.63, 3.8) is 0 Å². The van der Waals surface area contributed by atoms with Gasteiger partial charge >= 0.3 is 5.97 Å². The molecule has 0 aliphatic carbocycles. The Labute approximate surface area is 146 Å². The summed E-state index contributed by atoms with van der Waals surface area (Å²) >= 11 is 0. The Morgan fingerprint density at radius 2 is 2.28 bits per heavy atom. The second-order valence-corrected chi connectivity index (χ2v) is 5.81. The van der Waals surface area contributed by atoms with Crippen molar-refractivity contribution < 1.29 is 14.3 Å². The van der Waals surface area contributed by atoms with E-state index in [0.717, 1.165) is 25.1 Å². The van der Waals surface area contributed by atoms with E-state index in [9.17, 15) is 4.79 Å². The maximum Gasteiger partial charge on any atom is 0.356 e. The molecule has 3 heterocycles. The average Bonchev–Trinajstić information content (AvgIpc) is 2.66. The second kappa shape index (κ2) is 7.89. The largest absolute Gasteiger partial charge is 0.464 e. The van der Waals surface area contributed by atoms with Crippen LogP contribution in [-0.2, 0) is 16.1 Å². The number of nitrogen functional groups attached to an aromatic ring is 1. The van der Waals surface area contributed by atoms with E-state index in [1.54, 1.807) is 6.20 Å². The number of pyridine rings is 1. The lowest BCUT2D eigenvalue weighted by Crippen LogP contribution is -2.40. The number of ether oxygens (including phenoxy) is 2. The Bertz CT molecular complexity index is 725. The fourth-order valence-corrected chi connectivity index (χ4v) is 2.75. The monoisotopic (exact) mass is 343 g/mol. The number of methoxy groups -OCH3 is 1. The zero-order chi connectivity index (χ0) is 17.6. The smallest absolute Gasteiger partial charge is 0.356 e. The van der Waals surface area contributed by atoms with Crippen molar-refractivity contribution in [2.24, 2.45) is 0 Å². The first-order valence-electron chi connectivity index (χ1n) is 8.15. The van der Waals surface area contributed by atoms with Crippen LogP contribution in [0.3, 0.4) is 0 Å². The highest BCUT2D eigenvalue weighted by Gasteiger charge is 2.24. The van der Waals surface area contributed by atoms with Crippen LogP contribution in [0.15, 0.2) is 30.5 Å². The summed E-state index contributed by atoms with van der Waals surface area (Å²) in [5.74, 6) is 0.128. The van der Waals surface area contributed by atoms with Crippen LogP contribution >= 0.6 is 0 Å². The van der Waals surface area contributed by atoms with E-state index in [1.807, 2.05) is 23.1 Å². The fraction of sp³-hybridized carbons (Fsp3) is 0.412. The predicted molar refractivity (Wildman–Crippen MR) is 92.0 cm³/mol. The van der Waals surface area contributed by atoms with Crippen molar-refractivity contribution in [3.05, 3.63) is 41.9 Å². The highest BCUT2D eigenvalue weighted by atomic mass is 16.5. The number of carbonyl (C=O) groups excluding carboxylic acids is 1. The molecule has 25 heavy (non-hydrogen) atoms. The van der Waals surface area contributed by atoms with E-state index in [0.29, 0.717) is 19.1 Å². The molecule has 0 bridgehead atoms. The third kappa shape index (κ3) is 4.42. The van der Waals surface area contributed by atoms with Gasteiger partial charge in [-0.1, -0.05) is 6.07 Å². The first kappa shape index (κ1) is 17.1. The summed E-state index contributed by atoms with van der Waals surface area (Å²) in [4.78, 5) is 26.5. The van der Waals surface area contributed by atoms with Gasteiger partial charge in [-0.05, 0) is 25.0 Å². The minimum atomic E-state index is -0.532. The summed E-state index contributed by atoms with van der Waals surface area (Å²) in [5, 5.41) is 0. The summed E-state index contributed by atoms with van der Waals surface area (Å²) in [5.41, 5.74) is 6.85. The Morgan fingerprint density at radius 1 is 1.40 bits per heavy atom. The molecule has 2 aromatic rings. The van der Waals surface area contributed by atoms with Crippen LogP contribution in [0.2, 0.25) is 0 Å². The zero-order valence-corrected chi connectivity index (χ0v) is 14.1. The van der Waals surface area contributed by atoms with Gasteiger partial charge in [-0.15, -0.1) is 0 Å². The lowest BCUT2D eigenvalue weighted by molar-refractivity contribution is 0.0295. The standard InChI is InChI=1S/C17H21N5O3/c1-24-16(23)14-9-15(18)21-17(20-14)22-8-4-6-13(10-22)25-11-12-5-2-3-7-19-12/h2-3,5,7,9,13H,4,6,8,10-11H2,1H3,(H2,18,20,21). The van der Waals surface area contributed by atoms with Crippen LogP contribution in [0.25, 0.3) is 0 Å². The molecular weight excluding hydrogens is 322 g/mol. The van der Waals surface area contributed by atoms with Gasteiger partial charge in [-0.2, -0.15) is 4.98 Å². The Kier molecular flexibility index (Phi) is 5.39. The van der Waals surface area contributed by atoms with Crippen LogP contribution in [0.1, 0.15) is 29.0 Å². The Hall–Kier alpha value is -2.74. The molecule has 1 fully saturated rings. The zero-order valence-electron chi connectivity index (χ0n) is 14.1. The molecule has 1 unspecified atom stereocenters. The highest BCUT2D eigenvalue weighted by molar-refractivity contribution is 5.88. The first-order valence-corrected chi connectivity index (χ1v) is 8.15. The molecule has 132 valence electrons. The maximum atomic E-state index is 11.7. The normalized spacial score (nSPS) is 17.3. The Morgan fingerprint density at radius 3 is 3.04 bits per heavy atom. The number of carbonyl (C=O) groups is 1. The van der Waals surface area contributed by atoms with E-state index in [2.05, 4.69) is 15.0 Å². The number of piperidine rings is 1. The molecule has 0 radical (unpaired) electrons. The molecule has 0 aromatic carbocycles. The van der Waals surface area contributed by atoms with Gasteiger partial charge in [0.25, 0.3) is 0 Å². The minimum absolute atomic E-state index is 0.0439. The van der Waals surface area contributed by atoms with Crippen molar-refractivity contribution >= 4 is 17.7 Å². The number of esters is 1. The van der Waals surface area contributed by atoms with Gasteiger partial charge in [-0.3, -0.25) is 4.98 Å². The molecule has 2 N–H and O–H groups in total. The summed E-state index contributed by atoms with van der Waals surface area (Å²) < 4.78 is 10.7. The van der Waals surface area contributed by atoms with Crippen molar-refractivity contribution in [3.8, 4) is 0 Å². The average molecular weight is 343 g/mol. The third-order valence-corrected chi connectivity index (χ3v) is 3.98.